The summed E-state index contributed by atoms with van der Waals surface area (Å²) in [5, 5.41) is 10.3. The summed E-state index contributed by atoms with van der Waals surface area (Å²) < 4.78 is 0. The molecule has 2 aromatic rings. The smallest absolute Gasteiger partial charge is 0.0991 e. The first-order valence-electron chi connectivity index (χ1n) is 6.86. The molecule has 98 valence electrons. The summed E-state index contributed by atoms with van der Waals surface area (Å²) in [6.07, 6.45) is 2.24. The Bertz CT molecular complexity index is 660. The van der Waals surface area contributed by atoms with Gasteiger partial charge in [0.05, 0.1) is 11.6 Å². The van der Waals surface area contributed by atoms with Crippen molar-refractivity contribution < 1.29 is 0 Å². The zero-order valence-electron chi connectivity index (χ0n) is 11.7. The number of nitriles is 1. The molecule has 1 aromatic carbocycles. The Kier molecular flexibility index (Phi) is 2.83. The summed E-state index contributed by atoms with van der Waals surface area (Å²) in [6, 6.07) is 8.84. The molecule has 1 saturated carbocycles. The molecule has 0 radical (unpaired) electrons. The van der Waals surface area contributed by atoms with Crippen LogP contribution in [0.1, 0.15) is 36.1 Å². The van der Waals surface area contributed by atoms with E-state index in [2.05, 4.69) is 37.0 Å². The Morgan fingerprint density at radius 1 is 1.42 bits per heavy atom. The van der Waals surface area contributed by atoms with E-state index in [1.165, 1.54) is 23.1 Å². The average Bonchev–Trinajstić information content (AvgIpc) is 3.12. The molecule has 19 heavy (non-hydrogen) atoms. The third-order valence-electron chi connectivity index (χ3n) is 4.19. The number of nitrogens with one attached hydrogen (secondary N) is 1. The molecule has 1 aliphatic carbocycles. The van der Waals surface area contributed by atoms with Gasteiger partial charge in [0.2, 0.25) is 0 Å². The van der Waals surface area contributed by atoms with Gasteiger partial charge in [0.1, 0.15) is 0 Å². The lowest BCUT2D eigenvalue weighted by Crippen LogP contribution is -2.15. The molecule has 3 rings (SSSR count). The van der Waals surface area contributed by atoms with Crippen LogP contribution in [0.15, 0.2) is 18.2 Å². The molecule has 0 unspecified atom stereocenters. The molecule has 0 saturated heterocycles. The lowest BCUT2D eigenvalue weighted by molar-refractivity contribution is 0.391. The van der Waals surface area contributed by atoms with Gasteiger partial charge in [0.25, 0.3) is 0 Å². The van der Waals surface area contributed by atoms with E-state index in [4.69, 9.17) is 5.26 Å². The fourth-order valence-corrected chi connectivity index (χ4v) is 3.10. The Morgan fingerprint density at radius 3 is 2.79 bits per heavy atom. The van der Waals surface area contributed by atoms with Gasteiger partial charge in [-0.25, -0.2) is 0 Å². The zero-order valence-corrected chi connectivity index (χ0v) is 11.7. The molecule has 0 bridgehead atoms. The standard InChI is InChI=1S/C16H19N3/c1-4-13-16(12-8-15(12)19(2)3)11-7-10(9-17)5-6-14(11)18-13/h5-7,12,15,18H,4,8H2,1-3H3/t12-,15-/m1/s1. The molecule has 0 spiro atoms. The van der Waals surface area contributed by atoms with Gasteiger partial charge in [-0.3, -0.25) is 0 Å². The highest BCUT2D eigenvalue weighted by atomic mass is 15.1. The van der Waals surface area contributed by atoms with Crippen LogP contribution in [0.5, 0.6) is 0 Å². The highest BCUT2D eigenvalue weighted by Crippen LogP contribution is 2.47. The highest BCUT2D eigenvalue weighted by molar-refractivity contribution is 5.87. The number of aromatic amines is 1. The van der Waals surface area contributed by atoms with Crippen LogP contribution in [0.2, 0.25) is 0 Å². The summed E-state index contributed by atoms with van der Waals surface area (Å²) in [5.41, 5.74) is 4.68. The van der Waals surface area contributed by atoms with Crippen molar-refractivity contribution in [2.24, 2.45) is 0 Å². The third kappa shape index (κ3) is 1.93. The summed E-state index contributed by atoms with van der Waals surface area (Å²) in [4.78, 5) is 5.82. The SMILES string of the molecule is CCc1[nH]c2ccc(C#N)cc2c1[C@@H]1C[C@H]1N(C)C. The molecule has 2 atom stereocenters. The second-order valence-electron chi connectivity index (χ2n) is 5.62. The minimum absolute atomic E-state index is 0.618. The molecule has 1 N–H and O–H groups in total. The molecule has 0 amide bonds. The van der Waals surface area contributed by atoms with E-state index in [9.17, 15) is 0 Å². The van der Waals surface area contributed by atoms with Crippen molar-refractivity contribution in [2.75, 3.05) is 14.1 Å². The van der Waals surface area contributed by atoms with E-state index >= 15 is 0 Å². The number of hydrogen-bond donors (Lipinski definition) is 1. The van der Waals surface area contributed by atoms with Gasteiger partial charge < -0.3 is 9.88 Å². The first-order valence-corrected chi connectivity index (χ1v) is 6.86. The van der Waals surface area contributed by atoms with Crippen LogP contribution in [0, 0.1) is 11.3 Å². The van der Waals surface area contributed by atoms with Crippen LogP contribution in [0.4, 0.5) is 0 Å². The van der Waals surface area contributed by atoms with E-state index in [-0.39, 0.29) is 0 Å². The summed E-state index contributed by atoms with van der Waals surface area (Å²) in [6.45, 7) is 2.19. The predicted octanol–water partition coefficient (Wildman–Crippen LogP) is 3.02. The van der Waals surface area contributed by atoms with Crippen LogP contribution in [-0.2, 0) is 6.42 Å². The van der Waals surface area contributed by atoms with Crippen molar-refractivity contribution in [3.05, 3.63) is 35.0 Å². The van der Waals surface area contributed by atoms with E-state index in [1.807, 2.05) is 18.2 Å². The molecule has 1 fully saturated rings. The zero-order chi connectivity index (χ0) is 13.6. The van der Waals surface area contributed by atoms with Crippen LogP contribution < -0.4 is 0 Å². The maximum Gasteiger partial charge on any atom is 0.0991 e. The maximum atomic E-state index is 9.08. The average molecular weight is 253 g/mol. The van der Waals surface area contributed by atoms with Gasteiger partial charge in [0, 0.05) is 28.6 Å². The highest BCUT2D eigenvalue weighted by Gasteiger charge is 2.42. The quantitative estimate of drug-likeness (QED) is 0.913. The Balaban J connectivity index is 2.13. The van der Waals surface area contributed by atoms with Gasteiger partial charge in [-0.05, 0) is 50.7 Å². The summed E-state index contributed by atoms with van der Waals surface area (Å²) >= 11 is 0. The molecule has 3 heteroatoms. The van der Waals surface area contributed by atoms with Crippen LogP contribution in [-0.4, -0.2) is 30.0 Å². The second-order valence-corrected chi connectivity index (χ2v) is 5.62. The molecule has 1 aromatic heterocycles. The van der Waals surface area contributed by atoms with Crippen molar-refractivity contribution in [1.82, 2.24) is 9.88 Å². The lowest BCUT2D eigenvalue weighted by Gasteiger charge is -2.09. The minimum Gasteiger partial charge on any atom is -0.358 e. The van der Waals surface area contributed by atoms with E-state index in [1.54, 1.807) is 0 Å². The van der Waals surface area contributed by atoms with Crippen LogP contribution in [0.25, 0.3) is 10.9 Å². The number of fused-ring (bicyclic) bond motifs is 1. The van der Waals surface area contributed by atoms with Crippen molar-refractivity contribution in [3.63, 3.8) is 0 Å². The summed E-state index contributed by atoms with van der Waals surface area (Å²) in [5.74, 6) is 0.618. The van der Waals surface area contributed by atoms with Gasteiger partial charge in [0.15, 0.2) is 0 Å². The first kappa shape index (κ1) is 12.3. The number of aryl methyl sites for hydroxylation is 1. The van der Waals surface area contributed by atoms with Crippen LogP contribution >= 0.6 is 0 Å². The van der Waals surface area contributed by atoms with E-state index in [0.717, 1.165) is 17.5 Å². The lowest BCUT2D eigenvalue weighted by atomic mass is 10.0. The fourth-order valence-electron chi connectivity index (χ4n) is 3.10. The topological polar surface area (TPSA) is 42.8 Å². The van der Waals surface area contributed by atoms with Crippen molar-refractivity contribution in [1.29, 1.82) is 5.26 Å². The third-order valence-corrected chi connectivity index (χ3v) is 4.19. The molecular weight excluding hydrogens is 234 g/mol. The molecule has 0 aliphatic heterocycles. The molecule has 1 heterocycles. The van der Waals surface area contributed by atoms with Crippen molar-refractivity contribution in [2.45, 2.75) is 31.7 Å². The maximum absolute atomic E-state index is 9.08. The van der Waals surface area contributed by atoms with Crippen molar-refractivity contribution >= 4 is 10.9 Å². The fraction of sp³-hybridized carbons (Fsp3) is 0.438. The molecule has 3 nitrogen and oxygen atoms in total. The number of likely N-dealkylation sites (N-methyl/N-ethyl adjacent to an activating group) is 1. The predicted molar refractivity (Wildman–Crippen MR) is 77.2 cm³/mol. The monoisotopic (exact) mass is 253 g/mol. The molecule has 1 aliphatic rings. The number of nitrogens with zero attached hydrogens (tertiary/aromatic N) is 2. The van der Waals surface area contributed by atoms with Gasteiger partial charge in [-0.2, -0.15) is 5.26 Å². The van der Waals surface area contributed by atoms with E-state index < -0.39 is 0 Å². The normalized spacial score (nSPS) is 21.8. The van der Waals surface area contributed by atoms with Crippen LogP contribution in [0.3, 0.4) is 0 Å². The van der Waals surface area contributed by atoms with Gasteiger partial charge in [-0.1, -0.05) is 6.92 Å². The van der Waals surface area contributed by atoms with Gasteiger partial charge in [-0.15, -0.1) is 0 Å². The number of aromatic nitrogens is 1. The largest absolute Gasteiger partial charge is 0.358 e. The van der Waals surface area contributed by atoms with Crippen molar-refractivity contribution in [3.8, 4) is 6.07 Å². The molecular formula is C16H19N3. The number of rotatable bonds is 3. The Hall–Kier alpha value is -1.79. The number of benzene rings is 1. The van der Waals surface area contributed by atoms with E-state index in [0.29, 0.717) is 12.0 Å². The minimum atomic E-state index is 0.618. The second kappa shape index (κ2) is 4.40. The number of hydrogen-bond acceptors (Lipinski definition) is 2. The first-order chi connectivity index (χ1) is 9.15. The summed E-state index contributed by atoms with van der Waals surface area (Å²) in [7, 11) is 4.29. The number of H-pyrrole nitrogens is 1. The Labute approximate surface area is 113 Å². The van der Waals surface area contributed by atoms with Gasteiger partial charge >= 0.3 is 0 Å². The Morgan fingerprint density at radius 2 is 2.21 bits per heavy atom.